The molecule has 2 atom stereocenters. The van der Waals surface area contributed by atoms with Crippen molar-refractivity contribution >= 4 is 35.1 Å². The molecule has 0 radical (unpaired) electrons. The Morgan fingerprint density at radius 3 is 2.59 bits per heavy atom. The van der Waals surface area contributed by atoms with Crippen LogP contribution in [0.15, 0.2) is 18.2 Å². The van der Waals surface area contributed by atoms with Crippen LogP contribution in [-0.2, 0) is 19.1 Å². The summed E-state index contributed by atoms with van der Waals surface area (Å²) in [6.45, 7) is 4.99. The van der Waals surface area contributed by atoms with Crippen molar-refractivity contribution in [1.82, 2.24) is 4.90 Å². The van der Waals surface area contributed by atoms with Crippen molar-refractivity contribution < 1.29 is 23.9 Å². The van der Waals surface area contributed by atoms with Gasteiger partial charge in [0.15, 0.2) is 6.61 Å². The molecule has 0 aromatic heterocycles. The summed E-state index contributed by atoms with van der Waals surface area (Å²) in [6, 6.07) is 4.63. The Morgan fingerprint density at radius 2 is 1.96 bits per heavy atom. The minimum absolute atomic E-state index is 0.0202. The molecule has 27 heavy (non-hydrogen) atoms. The van der Waals surface area contributed by atoms with Crippen LogP contribution >= 0.6 is 11.6 Å². The summed E-state index contributed by atoms with van der Waals surface area (Å²) in [5, 5.41) is 0.397. The van der Waals surface area contributed by atoms with Crippen molar-refractivity contribution in [2.45, 2.75) is 38.9 Å². The van der Waals surface area contributed by atoms with Gasteiger partial charge in [-0.1, -0.05) is 11.6 Å². The van der Waals surface area contributed by atoms with Gasteiger partial charge in [-0.2, -0.15) is 0 Å². The van der Waals surface area contributed by atoms with Gasteiger partial charge >= 0.3 is 5.97 Å². The Balaban J connectivity index is 1.63. The third kappa shape index (κ3) is 4.59. The Hall–Kier alpha value is -2.12. The third-order valence-electron chi connectivity index (χ3n) is 4.65. The van der Waals surface area contributed by atoms with Gasteiger partial charge in [0.05, 0.1) is 28.5 Å². The van der Waals surface area contributed by atoms with Crippen LogP contribution in [0, 0.1) is 0 Å². The van der Waals surface area contributed by atoms with Crippen LogP contribution in [-0.4, -0.2) is 61.1 Å². The SMILES string of the molecule is C[C@H]1CN(C(=O)COC(=O)c2ccc(Cl)c(N3CCCC3=O)c2)C[C@H](C)O1. The van der Waals surface area contributed by atoms with Crippen molar-refractivity contribution in [3.05, 3.63) is 28.8 Å². The molecule has 0 saturated carbocycles. The number of morpholine rings is 1. The van der Waals surface area contributed by atoms with E-state index in [1.165, 1.54) is 12.1 Å². The first kappa shape index (κ1) is 19.6. The number of rotatable bonds is 4. The fourth-order valence-corrected chi connectivity index (χ4v) is 3.65. The van der Waals surface area contributed by atoms with E-state index in [9.17, 15) is 14.4 Å². The molecule has 2 aliphatic rings. The topological polar surface area (TPSA) is 76.2 Å². The Labute approximate surface area is 163 Å². The van der Waals surface area contributed by atoms with Crippen LogP contribution in [0.1, 0.15) is 37.0 Å². The molecular formula is C19H23ClN2O5. The number of carbonyl (C=O) groups excluding carboxylic acids is 3. The zero-order valence-electron chi connectivity index (χ0n) is 15.4. The van der Waals surface area contributed by atoms with E-state index < -0.39 is 5.97 Å². The monoisotopic (exact) mass is 394 g/mol. The van der Waals surface area contributed by atoms with Crippen LogP contribution in [0.5, 0.6) is 0 Å². The lowest BCUT2D eigenvalue weighted by Gasteiger charge is -2.35. The summed E-state index contributed by atoms with van der Waals surface area (Å²) in [6.07, 6.45) is 1.13. The molecular weight excluding hydrogens is 372 g/mol. The highest BCUT2D eigenvalue weighted by molar-refractivity contribution is 6.34. The van der Waals surface area contributed by atoms with Gasteiger partial charge in [-0.3, -0.25) is 9.59 Å². The van der Waals surface area contributed by atoms with E-state index in [-0.39, 0.29) is 36.2 Å². The molecule has 0 spiro atoms. The van der Waals surface area contributed by atoms with Crippen LogP contribution in [0.3, 0.4) is 0 Å². The van der Waals surface area contributed by atoms with Gasteiger partial charge < -0.3 is 19.3 Å². The average molecular weight is 395 g/mol. The summed E-state index contributed by atoms with van der Waals surface area (Å²) in [5.74, 6) is -0.898. The van der Waals surface area contributed by atoms with Gasteiger partial charge in [0.25, 0.3) is 5.91 Å². The van der Waals surface area contributed by atoms with E-state index in [2.05, 4.69) is 0 Å². The lowest BCUT2D eigenvalue weighted by atomic mass is 10.2. The predicted octanol–water partition coefficient (Wildman–Crippen LogP) is 2.26. The highest BCUT2D eigenvalue weighted by Crippen LogP contribution is 2.30. The molecule has 0 aliphatic carbocycles. The highest BCUT2D eigenvalue weighted by Gasteiger charge is 2.27. The fourth-order valence-electron chi connectivity index (χ4n) is 3.43. The van der Waals surface area contributed by atoms with Gasteiger partial charge in [-0.25, -0.2) is 4.79 Å². The molecule has 2 saturated heterocycles. The van der Waals surface area contributed by atoms with Gasteiger partial charge in [0, 0.05) is 26.1 Å². The normalized spacial score (nSPS) is 22.9. The van der Waals surface area contributed by atoms with Crippen LogP contribution < -0.4 is 4.90 Å². The standard InChI is InChI=1S/C19H23ClN2O5/c1-12-9-21(10-13(2)27-12)18(24)11-26-19(25)14-5-6-15(20)16(8-14)22-7-3-4-17(22)23/h5-6,8,12-13H,3-4,7,9-11H2,1-2H3/t12-,13-/m0/s1. The van der Waals surface area contributed by atoms with E-state index >= 15 is 0 Å². The minimum atomic E-state index is -0.623. The molecule has 1 aromatic rings. The van der Waals surface area contributed by atoms with Crippen LogP contribution in [0.25, 0.3) is 0 Å². The maximum Gasteiger partial charge on any atom is 0.338 e. The summed E-state index contributed by atoms with van der Waals surface area (Å²) in [7, 11) is 0. The smallest absolute Gasteiger partial charge is 0.338 e. The molecule has 146 valence electrons. The number of ether oxygens (including phenoxy) is 2. The number of carbonyl (C=O) groups is 3. The summed E-state index contributed by atoms with van der Waals surface area (Å²) in [5.41, 5.74) is 0.751. The molecule has 0 unspecified atom stereocenters. The van der Waals surface area contributed by atoms with Crippen molar-refractivity contribution in [1.29, 1.82) is 0 Å². The van der Waals surface area contributed by atoms with Crippen LogP contribution in [0.2, 0.25) is 5.02 Å². The van der Waals surface area contributed by atoms with E-state index in [1.807, 2.05) is 13.8 Å². The number of esters is 1. The lowest BCUT2D eigenvalue weighted by molar-refractivity contribution is -0.146. The summed E-state index contributed by atoms with van der Waals surface area (Å²) < 4.78 is 10.8. The van der Waals surface area contributed by atoms with Crippen molar-refractivity contribution in [2.24, 2.45) is 0 Å². The average Bonchev–Trinajstić information content (AvgIpc) is 3.04. The van der Waals surface area contributed by atoms with E-state index in [4.69, 9.17) is 21.1 Å². The first-order valence-electron chi connectivity index (χ1n) is 9.05. The summed E-state index contributed by atoms with van der Waals surface area (Å²) in [4.78, 5) is 39.8. The number of hydrogen-bond acceptors (Lipinski definition) is 5. The lowest BCUT2D eigenvalue weighted by Crippen LogP contribution is -2.49. The Bertz CT molecular complexity index is 744. The zero-order chi connectivity index (χ0) is 19.6. The van der Waals surface area contributed by atoms with Crippen LogP contribution in [0.4, 0.5) is 5.69 Å². The second-order valence-electron chi connectivity index (χ2n) is 6.95. The number of benzene rings is 1. The highest BCUT2D eigenvalue weighted by atomic mass is 35.5. The first-order chi connectivity index (χ1) is 12.8. The molecule has 1 aromatic carbocycles. The van der Waals surface area contributed by atoms with E-state index in [0.29, 0.717) is 36.8 Å². The number of amides is 2. The quantitative estimate of drug-likeness (QED) is 0.732. The van der Waals surface area contributed by atoms with Crippen molar-refractivity contribution in [2.75, 3.05) is 31.1 Å². The molecule has 3 rings (SSSR count). The molecule has 0 N–H and O–H groups in total. The molecule has 8 heteroatoms. The van der Waals surface area contributed by atoms with E-state index in [0.717, 1.165) is 6.42 Å². The number of halogens is 1. The van der Waals surface area contributed by atoms with Gasteiger partial charge in [-0.05, 0) is 38.5 Å². The van der Waals surface area contributed by atoms with Gasteiger partial charge in [0.1, 0.15) is 0 Å². The number of anilines is 1. The van der Waals surface area contributed by atoms with Crippen molar-refractivity contribution in [3.63, 3.8) is 0 Å². The largest absolute Gasteiger partial charge is 0.452 e. The summed E-state index contributed by atoms with van der Waals surface area (Å²) >= 11 is 6.18. The first-order valence-corrected chi connectivity index (χ1v) is 9.43. The maximum absolute atomic E-state index is 12.4. The molecule has 2 amide bonds. The predicted molar refractivity (Wildman–Crippen MR) is 99.9 cm³/mol. The Kier molecular flexibility index (Phi) is 6.01. The second kappa shape index (κ2) is 8.27. The second-order valence-corrected chi connectivity index (χ2v) is 7.35. The molecule has 0 bridgehead atoms. The van der Waals surface area contributed by atoms with Gasteiger partial charge in [0.2, 0.25) is 5.91 Å². The Morgan fingerprint density at radius 1 is 1.26 bits per heavy atom. The van der Waals surface area contributed by atoms with E-state index in [1.54, 1.807) is 15.9 Å². The number of hydrogen-bond donors (Lipinski definition) is 0. The molecule has 2 aliphatic heterocycles. The third-order valence-corrected chi connectivity index (χ3v) is 4.96. The maximum atomic E-state index is 12.4. The molecule has 7 nitrogen and oxygen atoms in total. The zero-order valence-corrected chi connectivity index (χ0v) is 16.2. The van der Waals surface area contributed by atoms with Gasteiger partial charge in [-0.15, -0.1) is 0 Å². The molecule has 2 heterocycles. The fraction of sp³-hybridized carbons (Fsp3) is 0.526. The molecule has 2 fully saturated rings. The minimum Gasteiger partial charge on any atom is -0.452 e. The van der Waals surface area contributed by atoms with Crippen molar-refractivity contribution in [3.8, 4) is 0 Å². The number of nitrogens with zero attached hydrogens (tertiary/aromatic N) is 2.